The number of hydrogen-bond acceptors (Lipinski definition) is 4. The summed E-state index contributed by atoms with van der Waals surface area (Å²) >= 11 is 5.82. The van der Waals surface area contributed by atoms with Crippen LogP contribution in [0, 0.1) is 0 Å². The Hall–Kier alpha value is -2.09. The number of carbonyl (C=O) groups is 1. The lowest BCUT2D eigenvalue weighted by Crippen LogP contribution is -2.46. The zero-order valence-electron chi connectivity index (χ0n) is 16.3. The summed E-state index contributed by atoms with van der Waals surface area (Å²) in [6.07, 6.45) is 2.31. The predicted octanol–water partition coefficient (Wildman–Crippen LogP) is 3.25. The highest BCUT2D eigenvalue weighted by Crippen LogP contribution is 2.18. The normalized spacial score (nSPS) is 15.3. The highest BCUT2D eigenvalue weighted by molar-refractivity contribution is 7.89. The minimum absolute atomic E-state index is 0.0971. The Bertz CT molecular complexity index is 922. The van der Waals surface area contributed by atoms with Gasteiger partial charge in [-0.2, -0.15) is 0 Å². The van der Waals surface area contributed by atoms with E-state index in [2.05, 4.69) is 4.72 Å². The Morgan fingerprint density at radius 2 is 1.72 bits per heavy atom. The number of sulfonamides is 1. The van der Waals surface area contributed by atoms with Crippen molar-refractivity contribution < 1.29 is 17.9 Å². The predicted molar refractivity (Wildman–Crippen MR) is 113 cm³/mol. The number of methoxy groups -OCH3 is 1. The molecule has 3 rings (SSSR count). The third-order valence-electron chi connectivity index (χ3n) is 5.08. The molecule has 8 heteroatoms. The molecule has 0 bridgehead atoms. The molecular formula is C21H25ClN2O4S. The number of aryl methyl sites for hydroxylation is 1. The molecular weight excluding hydrogens is 412 g/mol. The maximum absolute atomic E-state index is 12.5. The zero-order chi connectivity index (χ0) is 20.9. The molecule has 1 aliphatic rings. The molecule has 1 amide bonds. The standard InChI is InChI=1S/C21H25ClN2O4S/c1-28-19-7-2-16(3-8-19)4-11-21(25)24-14-12-18(13-15-24)23-29(26,27)20-9-5-17(22)6-10-20/h2-3,5-10,18,23H,4,11-15H2,1H3. The number of amides is 1. The fourth-order valence-electron chi connectivity index (χ4n) is 3.35. The molecule has 2 aromatic rings. The second kappa shape index (κ2) is 9.61. The molecule has 156 valence electrons. The topological polar surface area (TPSA) is 75.7 Å². The second-order valence-corrected chi connectivity index (χ2v) is 9.23. The first kappa shape index (κ1) is 21.6. The van der Waals surface area contributed by atoms with E-state index in [-0.39, 0.29) is 16.8 Å². The van der Waals surface area contributed by atoms with Gasteiger partial charge in [-0.3, -0.25) is 4.79 Å². The molecule has 0 unspecified atom stereocenters. The first-order valence-corrected chi connectivity index (χ1v) is 11.4. The third-order valence-corrected chi connectivity index (χ3v) is 6.87. The van der Waals surface area contributed by atoms with Crippen LogP contribution in [0.15, 0.2) is 53.4 Å². The zero-order valence-corrected chi connectivity index (χ0v) is 17.9. The first-order chi connectivity index (χ1) is 13.9. The molecule has 2 aromatic carbocycles. The van der Waals surface area contributed by atoms with E-state index in [0.29, 0.717) is 43.8 Å². The number of ether oxygens (including phenoxy) is 1. The van der Waals surface area contributed by atoms with Crippen LogP contribution in [0.4, 0.5) is 0 Å². The van der Waals surface area contributed by atoms with Gasteiger partial charge < -0.3 is 9.64 Å². The van der Waals surface area contributed by atoms with Gasteiger partial charge in [-0.15, -0.1) is 0 Å². The van der Waals surface area contributed by atoms with Crippen molar-refractivity contribution in [3.05, 3.63) is 59.1 Å². The van der Waals surface area contributed by atoms with Crippen LogP contribution in [0.25, 0.3) is 0 Å². The van der Waals surface area contributed by atoms with Crippen LogP contribution in [-0.2, 0) is 21.2 Å². The van der Waals surface area contributed by atoms with Crippen LogP contribution >= 0.6 is 11.6 Å². The van der Waals surface area contributed by atoms with Crippen molar-refractivity contribution in [2.45, 2.75) is 36.6 Å². The lowest BCUT2D eigenvalue weighted by molar-refractivity contribution is -0.132. The highest BCUT2D eigenvalue weighted by Gasteiger charge is 2.26. The molecule has 0 aromatic heterocycles. The number of carbonyl (C=O) groups excluding carboxylic acids is 1. The molecule has 1 fully saturated rings. The van der Waals surface area contributed by atoms with Gasteiger partial charge in [0.1, 0.15) is 5.75 Å². The van der Waals surface area contributed by atoms with Crippen molar-refractivity contribution in [1.29, 1.82) is 0 Å². The molecule has 0 saturated carbocycles. The Kier molecular flexibility index (Phi) is 7.16. The molecule has 0 aliphatic carbocycles. The van der Waals surface area contributed by atoms with Gasteiger partial charge in [0.05, 0.1) is 12.0 Å². The van der Waals surface area contributed by atoms with E-state index in [1.54, 1.807) is 19.2 Å². The van der Waals surface area contributed by atoms with Crippen molar-refractivity contribution in [2.24, 2.45) is 0 Å². The van der Waals surface area contributed by atoms with E-state index in [1.807, 2.05) is 29.2 Å². The van der Waals surface area contributed by atoms with Crippen LogP contribution in [-0.4, -0.2) is 45.5 Å². The summed E-state index contributed by atoms with van der Waals surface area (Å²) in [5, 5.41) is 0.491. The van der Waals surface area contributed by atoms with Crippen LogP contribution in [0.3, 0.4) is 0 Å². The Labute approximate surface area is 176 Å². The SMILES string of the molecule is COc1ccc(CCC(=O)N2CCC(NS(=O)(=O)c3ccc(Cl)cc3)CC2)cc1. The van der Waals surface area contributed by atoms with E-state index >= 15 is 0 Å². The summed E-state index contributed by atoms with van der Waals surface area (Å²) < 4.78 is 32.9. The summed E-state index contributed by atoms with van der Waals surface area (Å²) in [6.45, 7) is 1.10. The van der Waals surface area contributed by atoms with E-state index < -0.39 is 10.0 Å². The van der Waals surface area contributed by atoms with Crippen molar-refractivity contribution in [3.63, 3.8) is 0 Å². The van der Waals surface area contributed by atoms with Crippen molar-refractivity contribution in [3.8, 4) is 5.75 Å². The maximum Gasteiger partial charge on any atom is 0.240 e. The molecule has 0 radical (unpaired) electrons. The quantitative estimate of drug-likeness (QED) is 0.722. The lowest BCUT2D eigenvalue weighted by atomic mass is 10.0. The van der Waals surface area contributed by atoms with Crippen LogP contribution in [0.2, 0.25) is 5.02 Å². The van der Waals surface area contributed by atoms with Gasteiger partial charge in [0, 0.05) is 30.6 Å². The average molecular weight is 437 g/mol. The summed E-state index contributed by atoms with van der Waals surface area (Å²) in [5.74, 6) is 0.892. The van der Waals surface area contributed by atoms with Crippen molar-refractivity contribution in [2.75, 3.05) is 20.2 Å². The van der Waals surface area contributed by atoms with Gasteiger partial charge in [0.15, 0.2) is 0 Å². The number of rotatable bonds is 7. The van der Waals surface area contributed by atoms with Crippen molar-refractivity contribution in [1.82, 2.24) is 9.62 Å². The first-order valence-electron chi connectivity index (χ1n) is 9.56. The van der Waals surface area contributed by atoms with Gasteiger partial charge in [-0.05, 0) is 61.2 Å². The van der Waals surface area contributed by atoms with Crippen molar-refractivity contribution >= 4 is 27.5 Å². The highest BCUT2D eigenvalue weighted by atomic mass is 35.5. The smallest absolute Gasteiger partial charge is 0.240 e. The van der Waals surface area contributed by atoms with Gasteiger partial charge >= 0.3 is 0 Å². The van der Waals surface area contributed by atoms with Crippen LogP contribution in [0.5, 0.6) is 5.75 Å². The summed E-state index contributed by atoms with van der Waals surface area (Å²) in [6, 6.07) is 13.6. The average Bonchev–Trinajstić information content (AvgIpc) is 2.73. The molecule has 1 aliphatic heterocycles. The van der Waals surface area contributed by atoms with Gasteiger partial charge in [0.25, 0.3) is 0 Å². The van der Waals surface area contributed by atoms with Gasteiger partial charge in [-0.1, -0.05) is 23.7 Å². The lowest BCUT2D eigenvalue weighted by Gasteiger charge is -2.32. The fourth-order valence-corrected chi connectivity index (χ4v) is 4.78. The Balaban J connectivity index is 1.46. The van der Waals surface area contributed by atoms with E-state index in [4.69, 9.17) is 16.3 Å². The molecule has 0 atom stereocenters. The number of likely N-dealkylation sites (tertiary alicyclic amines) is 1. The largest absolute Gasteiger partial charge is 0.497 e. The summed E-state index contributed by atoms with van der Waals surface area (Å²) in [7, 11) is -1.97. The molecule has 6 nitrogen and oxygen atoms in total. The number of halogens is 1. The van der Waals surface area contributed by atoms with E-state index in [1.165, 1.54) is 12.1 Å². The maximum atomic E-state index is 12.5. The number of piperidine rings is 1. The molecule has 29 heavy (non-hydrogen) atoms. The number of benzene rings is 2. The number of hydrogen-bond donors (Lipinski definition) is 1. The van der Waals surface area contributed by atoms with Crippen LogP contribution in [0.1, 0.15) is 24.8 Å². The molecule has 1 saturated heterocycles. The Morgan fingerprint density at radius 3 is 2.31 bits per heavy atom. The Morgan fingerprint density at radius 1 is 1.10 bits per heavy atom. The number of nitrogens with one attached hydrogen (secondary N) is 1. The monoisotopic (exact) mass is 436 g/mol. The second-order valence-electron chi connectivity index (χ2n) is 7.08. The molecule has 0 spiro atoms. The summed E-state index contributed by atoms with van der Waals surface area (Å²) in [5.41, 5.74) is 1.09. The summed E-state index contributed by atoms with van der Waals surface area (Å²) in [4.78, 5) is 14.5. The minimum atomic E-state index is -3.59. The van der Waals surface area contributed by atoms with E-state index in [0.717, 1.165) is 11.3 Å². The molecule has 1 N–H and O–H groups in total. The fraction of sp³-hybridized carbons (Fsp3) is 0.381. The molecule has 1 heterocycles. The van der Waals surface area contributed by atoms with E-state index in [9.17, 15) is 13.2 Å². The third kappa shape index (κ3) is 5.95. The van der Waals surface area contributed by atoms with Gasteiger partial charge in [0.2, 0.25) is 15.9 Å². The van der Waals surface area contributed by atoms with Gasteiger partial charge in [-0.25, -0.2) is 13.1 Å². The minimum Gasteiger partial charge on any atom is -0.497 e. The van der Waals surface area contributed by atoms with Crippen LogP contribution < -0.4 is 9.46 Å². The number of nitrogens with zero attached hydrogens (tertiary/aromatic N) is 1.